The Morgan fingerprint density at radius 3 is 2.72 bits per heavy atom. The van der Waals surface area contributed by atoms with E-state index < -0.39 is 12.1 Å². The second-order valence-electron chi connectivity index (χ2n) is 3.62. The van der Waals surface area contributed by atoms with Crippen LogP contribution in [-0.4, -0.2) is 23.3 Å². The molecule has 0 saturated carbocycles. The quantitative estimate of drug-likeness (QED) is 0.795. The van der Waals surface area contributed by atoms with Crippen LogP contribution < -0.4 is 0 Å². The zero-order valence-corrected chi connectivity index (χ0v) is 10.0. The van der Waals surface area contributed by atoms with Crippen molar-refractivity contribution in [2.45, 2.75) is 13.0 Å². The maximum Gasteiger partial charge on any atom is 0.328 e. The standard InChI is InChI=1S/C13H13NO4/c1-8(18-2)13-9(4-6-12(16)17)3-5-11(15)10(13)7-14/h3-6,8,15H,1-2H3,(H,16,17)/b6-4+. The Labute approximate surface area is 105 Å². The van der Waals surface area contributed by atoms with Crippen molar-refractivity contribution in [2.75, 3.05) is 7.11 Å². The van der Waals surface area contributed by atoms with E-state index in [1.54, 1.807) is 13.0 Å². The first-order valence-electron chi connectivity index (χ1n) is 5.21. The average molecular weight is 247 g/mol. The van der Waals surface area contributed by atoms with E-state index in [4.69, 9.17) is 15.1 Å². The highest BCUT2D eigenvalue weighted by Crippen LogP contribution is 2.31. The Bertz CT molecular complexity index is 529. The third kappa shape index (κ3) is 2.87. The molecular weight excluding hydrogens is 234 g/mol. The first kappa shape index (κ1) is 13.7. The van der Waals surface area contributed by atoms with Crippen LogP contribution in [0.25, 0.3) is 6.08 Å². The van der Waals surface area contributed by atoms with Gasteiger partial charge in [0.1, 0.15) is 17.4 Å². The summed E-state index contributed by atoms with van der Waals surface area (Å²) in [7, 11) is 1.47. The fraction of sp³-hybridized carbons (Fsp3) is 0.231. The van der Waals surface area contributed by atoms with Crippen LogP contribution in [0, 0.1) is 11.3 Å². The summed E-state index contributed by atoms with van der Waals surface area (Å²) in [6, 6.07) is 4.79. The third-order valence-electron chi connectivity index (χ3n) is 2.53. The van der Waals surface area contributed by atoms with Gasteiger partial charge in [-0.2, -0.15) is 5.26 Å². The topological polar surface area (TPSA) is 90.6 Å². The normalized spacial score (nSPS) is 12.3. The van der Waals surface area contributed by atoms with Crippen molar-refractivity contribution in [1.29, 1.82) is 5.26 Å². The number of aromatic hydroxyl groups is 1. The molecule has 0 amide bonds. The summed E-state index contributed by atoms with van der Waals surface area (Å²) in [5.41, 5.74) is 1.09. The lowest BCUT2D eigenvalue weighted by Gasteiger charge is -2.15. The van der Waals surface area contributed by atoms with Gasteiger partial charge in [-0.25, -0.2) is 4.79 Å². The second-order valence-corrected chi connectivity index (χ2v) is 3.62. The molecule has 1 atom stereocenters. The number of phenols is 1. The smallest absolute Gasteiger partial charge is 0.328 e. The van der Waals surface area contributed by atoms with Gasteiger partial charge in [-0.1, -0.05) is 6.07 Å². The van der Waals surface area contributed by atoms with Crippen molar-refractivity contribution in [3.63, 3.8) is 0 Å². The van der Waals surface area contributed by atoms with Gasteiger partial charge in [-0.05, 0) is 24.6 Å². The van der Waals surface area contributed by atoms with Crippen molar-refractivity contribution in [3.8, 4) is 11.8 Å². The van der Waals surface area contributed by atoms with Gasteiger partial charge in [-0.3, -0.25) is 0 Å². The summed E-state index contributed by atoms with van der Waals surface area (Å²) in [6.45, 7) is 1.72. The molecule has 0 heterocycles. The number of methoxy groups -OCH3 is 1. The number of nitriles is 1. The summed E-state index contributed by atoms with van der Waals surface area (Å²) in [5, 5.41) is 27.3. The summed E-state index contributed by atoms with van der Waals surface area (Å²) in [4.78, 5) is 10.5. The second kappa shape index (κ2) is 5.84. The molecule has 94 valence electrons. The predicted octanol–water partition coefficient (Wildman–Crippen LogP) is 2.07. The number of phenolic OH excluding ortho intramolecular Hbond substituents is 1. The summed E-state index contributed by atoms with van der Waals surface area (Å²) in [6.07, 6.45) is 1.91. The van der Waals surface area contributed by atoms with E-state index in [1.165, 1.54) is 19.3 Å². The van der Waals surface area contributed by atoms with Gasteiger partial charge in [0.2, 0.25) is 0 Å². The SMILES string of the molecule is COC(C)c1c(/C=C/C(=O)O)ccc(O)c1C#N. The minimum absolute atomic E-state index is 0.0943. The van der Waals surface area contributed by atoms with E-state index in [1.807, 2.05) is 6.07 Å². The third-order valence-corrected chi connectivity index (χ3v) is 2.53. The lowest BCUT2D eigenvalue weighted by molar-refractivity contribution is -0.131. The number of hydrogen-bond acceptors (Lipinski definition) is 4. The predicted molar refractivity (Wildman–Crippen MR) is 64.9 cm³/mol. The van der Waals surface area contributed by atoms with E-state index in [-0.39, 0.29) is 11.3 Å². The van der Waals surface area contributed by atoms with Crippen molar-refractivity contribution < 1.29 is 19.7 Å². The first-order chi connectivity index (χ1) is 8.51. The molecular formula is C13H13NO4. The number of carbonyl (C=O) groups is 1. The molecule has 0 aromatic heterocycles. The van der Waals surface area contributed by atoms with E-state index in [0.717, 1.165) is 6.08 Å². The number of nitrogens with zero attached hydrogens (tertiary/aromatic N) is 1. The largest absolute Gasteiger partial charge is 0.507 e. The first-order valence-corrected chi connectivity index (χ1v) is 5.21. The van der Waals surface area contributed by atoms with Gasteiger partial charge < -0.3 is 14.9 Å². The molecule has 5 heteroatoms. The van der Waals surface area contributed by atoms with Gasteiger partial charge in [-0.15, -0.1) is 0 Å². The number of rotatable bonds is 4. The molecule has 0 aliphatic carbocycles. The number of benzene rings is 1. The van der Waals surface area contributed by atoms with Crippen molar-refractivity contribution in [2.24, 2.45) is 0 Å². The highest BCUT2D eigenvalue weighted by molar-refractivity contribution is 5.86. The van der Waals surface area contributed by atoms with E-state index in [0.29, 0.717) is 11.1 Å². The van der Waals surface area contributed by atoms with E-state index in [9.17, 15) is 9.90 Å². The number of carboxylic acids is 1. The summed E-state index contributed by atoms with van der Waals surface area (Å²) >= 11 is 0. The molecule has 1 unspecified atom stereocenters. The van der Waals surface area contributed by atoms with Crippen LogP contribution in [0.3, 0.4) is 0 Å². The van der Waals surface area contributed by atoms with Gasteiger partial charge in [0.05, 0.1) is 6.10 Å². The number of carboxylic acid groups (broad SMARTS) is 1. The van der Waals surface area contributed by atoms with Crippen LogP contribution in [0.1, 0.15) is 29.7 Å². The van der Waals surface area contributed by atoms with Crippen LogP contribution in [0.15, 0.2) is 18.2 Å². The highest BCUT2D eigenvalue weighted by Gasteiger charge is 2.17. The lowest BCUT2D eigenvalue weighted by atomic mass is 9.96. The van der Waals surface area contributed by atoms with Crippen molar-refractivity contribution in [3.05, 3.63) is 34.9 Å². The monoisotopic (exact) mass is 247 g/mol. The molecule has 0 aliphatic rings. The average Bonchev–Trinajstić information content (AvgIpc) is 2.35. The number of hydrogen-bond donors (Lipinski definition) is 2. The number of aliphatic carboxylic acids is 1. The fourth-order valence-corrected chi connectivity index (χ4v) is 1.60. The molecule has 0 saturated heterocycles. The molecule has 2 N–H and O–H groups in total. The molecule has 0 aliphatic heterocycles. The van der Waals surface area contributed by atoms with Crippen LogP contribution in [-0.2, 0) is 9.53 Å². The summed E-state index contributed by atoms with van der Waals surface area (Å²) < 4.78 is 5.14. The Morgan fingerprint density at radius 1 is 1.56 bits per heavy atom. The van der Waals surface area contributed by atoms with Gasteiger partial charge >= 0.3 is 5.97 Å². The molecule has 0 spiro atoms. The zero-order valence-electron chi connectivity index (χ0n) is 10.0. The molecule has 1 aromatic carbocycles. The maximum atomic E-state index is 10.5. The minimum Gasteiger partial charge on any atom is -0.507 e. The van der Waals surface area contributed by atoms with Gasteiger partial charge in [0.15, 0.2) is 0 Å². The zero-order chi connectivity index (χ0) is 13.7. The van der Waals surface area contributed by atoms with E-state index in [2.05, 4.69) is 0 Å². The molecule has 1 rings (SSSR count). The fourth-order valence-electron chi connectivity index (χ4n) is 1.60. The van der Waals surface area contributed by atoms with Gasteiger partial charge in [0.25, 0.3) is 0 Å². The van der Waals surface area contributed by atoms with Crippen LogP contribution >= 0.6 is 0 Å². The molecule has 0 radical (unpaired) electrons. The Kier molecular flexibility index (Phi) is 4.46. The summed E-state index contributed by atoms with van der Waals surface area (Å²) in [5.74, 6) is -1.23. The Hall–Kier alpha value is -2.32. The molecule has 1 aromatic rings. The maximum absolute atomic E-state index is 10.5. The number of ether oxygens (including phenoxy) is 1. The molecule has 18 heavy (non-hydrogen) atoms. The van der Waals surface area contributed by atoms with Crippen LogP contribution in [0.4, 0.5) is 0 Å². The van der Waals surface area contributed by atoms with Gasteiger partial charge in [0, 0.05) is 18.7 Å². The molecule has 5 nitrogen and oxygen atoms in total. The highest BCUT2D eigenvalue weighted by atomic mass is 16.5. The Morgan fingerprint density at radius 2 is 2.22 bits per heavy atom. The lowest BCUT2D eigenvalue weighted by Crippen LogP contribution is -2.03. The van der Waals surface area contributed by atoms with Crippen molar-refractivity contribution in [1.82, 2.24) is 0 Å². The van der Waals surface area contributed by atoms with Crippen molar-refractivity contribution >= 4 is 12.0 Å². The minimum atomic E-state index is -1.09. The van der Waals surface area contributed by atoms with Crippen LogP contribution in [0.5, 0.6) is 5.75 Å². The van der Waals surface area contributed by atoms with Crippen LogP contribution in [0.2, 0.25) is 0 Å². The van der Waals surface area contributed by atoms with E-state index >= 15 is 0 Å². The molecule has 0 fully saturated rings. The Balaban J connectivity index is 3.43. The molecule has 0 bridgehead atoms.